The number of nitrogens with one attached hydrogen (secondary N) is 1. The second-order valence-corrected chi connectivity index (χ2v) is 4.14. The summed E-state index contributed by atoms with van der Waals surface area (Å²) in [5, 5.41) is 2.85. The first-order chi connectivity index (χ1) is 8.16. The number of rotatable bonds is 3. The van der Waals surface area contributed by atoms with Crippen molar-refractivity contribution < 1.29 is 18.3 Å². The topological polar surface area (TPSA) is 30.5 Å². The molecule has 1 atom stereocenters. The molecule has 17 heavy (non-hydrogen) atoms. The molecule has 1 saturated heterocycles. The van der Waals surface area contributed by atoms with Gasteiger partial charge in [0.1, 0.15) is 12.6 Å². The maximum Gasteiger partial charge on any atom is 0.150 e. The van der Waals surface area contributed by atoms with Gasteiger partial charge in [-0.25, -0.2) is 8.78 Å². The number of hydrogen-bond acceptors (Lipinski definition) is 3. The Morgan fingerprint density at radius 2 is 2.24 bits per heavy atom. The summed E-state index contributed by atoms with van der Waals surface area (Å²) < 4.78 is 36.5. The number of ether oxygens (including phenoxy) is 2. The van der Waals surface area contributed by atoms with Crippen LogP contribution in [-0.4, -0.2) is 26.0 Å². The molecule has 0 aliphatic carbocycles. The van der Waals surface area contributed by atoms with Crippen LogP contribution >= 0.6 is 11.6 Å². The molecule has 1 aromatic rings. The monoisotopic (exact) mass is 263 g/mol. The Bertz CT molecular complexity index is 374. The van der Waals surface area contributed by atoms with Gasteiger partial charge in [0, 0.05) is 12.6 Å². The van der Waals surface area contributed by atoms with Crippen LogP contribution in [0.1, 0.15) is 6.42 Å². The maximum atomic E-state index is 13.4. The van der Waals surface area contributed by atoms with Crippen LogP contribution in [0.3, 0.4) is 0 Å². The van der Waals surface area contributed by atoms with Gasteiger partial charge in [-0.15, -0.1) is 0 Å². The summed E-state index contributed by atoms with van der Waals surface area (Å²) >= 11 is 5.74. The van der Waals surface area contributed by atoms with E-state index >= 15 is 0 Å². The van der Waals surface area contributed by atoms with Gasteiger partial charge in [-0.3, -0.25) is 0 Å². The molecule has 1 aromatic carbocycles. The minimum Gasteiger partial charge on any atom is -0.379 e. The smallest absolute Gasteiger partial charge is 0.150 e. The molecule has 3 nitrogen and oxygen atoms in total. The normalized spacial score (nSPS) is 20.3. The standard InChI is InChI=1S/C11H12ClF2NO2/c12-9-3-7(13)4-10(14)11(9)15-5-8-1-2-16-6-17-8/h3-4,8,15H,1-2,5-6H2. The van der Waals surface area contributed by atoms with E-state index in [0.717, 1.165) is 18.6 Å². The third-order valence-electron chi connectivity index (χ3n) is 2.48. The van der Waals surface area contributed by atoms with E-state index in [-0.39, 0.29) is 23.6 Å². The quantitative estimate of drug-likeness (QED) is 0.910. The second kappa shape index (κ2) is 5.62. The van der Waals surface area contributed by atoms with E-state index in [9.17, 15) is 8.78 Å². The molecule has 1 N–H and O–H groups in total. The Kier molecular flexibility index (Phi) is 4.15. The van der Waals surface area contributed by atoms with E-state index in [1.165, 1.54) is 0 Å². The zero-order chi connectivity index (χ0) is 12.3. The van der Waals surface area contributed by atoms with Crippen LogP contribution in [0.2, 0.25) is 5.02 Å². The Morgan fingerprint density at radius 1 is 1.41 bits per heavy atom. The second-order valence-electron chi connectivity index (χ2n) is 3.73. The van der Waals surface area contributed by atoms with Gasteiger partial charge in [-0.2, -0.15) is 0 Å². The highest BCUT2D eigenvalue weighted by molar-refractivity contribution is 6.33. The van der Waals surface area contributed by atoms with Crippen molar-refractivity contribution >= 4 is 17.3 Å². The molecule has 0 saturated carbocycles. The maximum absolute atomic E-state index is 13.4. The Morgan fingerprint density at radius 3 is 2.88 bits per heavy atom. The molecular formula is C11H12ClF2NO2. The van der Waals surface area contributed by atoms with Crippen LogP contribution in [0, 0.1) is 11.6 Å². The van der Waals surface area contributed by atoms with Gasteiger partial charge < -0.3 is 14.8 Å². The highest BCUT2D eigenvalue weighted by Gasteiger charge is 2.16. The predicted octanol–water partition coefficient (Wildman–Crippen LogP) is 2.79. The van der Waals surface area contributed by atoms with E-state index < -0.39 is 11.6 Å². The van der Waals surface area contributed by atoms with Crippen LogP contribution in [0.5, 0.6) is 0 Å². The molecule has 0 spiro atoms. The van der Waals surface area contributed by atoms with Crippen molar-refractivity contribution in [3.8, 4) is 0 Å². The van der Waals surface area contributed by atoms with Gasteiger partial charge in [0.15, 0.2) is 5.82 Å². The Balaban J connectivity index is 1.98. The molecule has 1 unspecified atom stereocenters. The average Bonchev–Trinajstić information content (AvgIpc) is 2.29. The SMILES string of the molecule is Fc1cc(F)c(NCC2CCOCO2)c(Cl)c1. The summed E-state index contributed by atoms with van der Waals surface area (Å²) in [7, 11) is 0. The van der Waals surface area contributed by atoms with E-state index in [1.807, 2.05) is 0 Å². The molecule has 1 fully saturated rings. The van der Waals surface area contributed by atoms with Crippen molar-refractivity contribution in [2.45, 2.75) is 12.5 Å². The van der Waals surface area contributed by atoms with Crippen LogP contribution in [0.15, 0.2) is 12.1 Å². The predicted molar refractivity (Wildman–Crippen MR) is 60.2 cm³/mol. The first kappa shape index (κ1) is 12.5. The number of halogens is 3. The molecule has 2 rings (SSSR count). The van der Waals surface area contributed by atoms with Crippen LogP contribution < -0.4 is 5.32 Å². The van der Waals surface area contributed by atoms with Gasteiger partial charge in [-0.1, -0.05) is 11.6 Å². The summed E-state index contributed by atoms with van der Waals surface area (Å²) in [6.45, 7) is 1.27. The zero-order valence-electron chi connectivity index (χ0n) is 9.01. The van der Waals surface area contributed by atoms with Gasteiger partial charge in [0.05, 0.1) is 23.4 Å². The Hall–Kier alpha value is -0.910. The highest BCUT2D eigenvalue weighted by atomic mass is 35.5. The largest absolute Gasteiger partial charge is 0.379 e. The Labute approximate surface area is 103 Å². The molecule has 1 heterocycles. The molecular weight excluding hydrogens is 252 g/mol. The average molecular weight is 264 g/mol. The van der Waals surface area contributed by atoms with Crippen molar-refractivity contribution in [2.24, 2.45) is 0 Å². The van der Waals surface area contributed by atoms with Gasteiger partial charge in [0.25, 0.3) is 0 Å². The molecule has 1 aliphatic heterocycles. The number of hydrogen-bond donors (Lipinski definition) is 1. The van der Waals surface area contributed by atoms with Crippen molar-refractivity contribution in [2.75, 3.05) is 25.3 Å². The fourth-order valence-corrected chi connectivity index (χ4v) is 1.85. The molecule has 0 bridgehead atoms. The van der Waals surface area contributed by atoms with Crippen LogP contribution in [0.4, 0.5) is 14.5 Å². The summed E-state index contributed by atoms with van der Waals surface area (Å²) in [4.78, 5) is 0. The van der Waals surface area contributed by atoms with Crippen molar-refractivity contribution in [1.29, 1.82) is 0 Å². The fourth-order valence-electron chi connectivity index (χ4n) is 1.59. The molecule has 0 radical (unpaired) electrons. The lowest BCUT2D eigenvalue weighted by Crippen LogP contribution is -2.30. The van der Waals surface area contributed by atoms with Crippen molar-refractivity contribution in [3.05, 3.63) is 28.8 Å². The lowest BCUT2D eigenvalue weighted by molar-refractivity contribution is -0.133. The number of benzene rings is 1. The van der Waals surface area contributed by atoms with E-state index in [0.29, 0.717) is 13.2 Å². The summed E-state index contributed by atoms with van der Waals surface area (Å²) in [6, 6.07) is 1.86. The van der Waals surface area contributed by atoms with Crippen LogP contribution in [0.25, 0.3) is 0 Å². The minimum absolute atomic E-state index is 0.0227. The van der Waals surface area contributed by atoms with Crippen molar-refractivity contribution in [3.63, 3.8) is 0 Å². The van der Waals surface area contributed by atoms with E-state index in [2.05, 4.69) is 5.32 Å². The lowest BCUT2D eigenvalue weighted by Gasteiger charge is -2.23. The zero-order valence-corrected chi connectivity index (χ0v) is 9.77. The third-order valence-corrected chi connectivity index (χ3v) is 2.78. The summed E-state index contributed by atoms with van der Waals surface area (Å²) in [5.74, 6) is -1.40. The van der Waals surface area contributed by atoms with Crippen molar-refractivity contribution in [1.82, 2.24) is 0 Å². The number of anilines is 1. The molecule has 94 valence electrons. The first-order valence-corrected chi connectivity index (χ1v) is 5.62. The van der Waals surface area contributed by atoms with E-state index in [1.54, 1.807) is 0 Å². The minimum atomic E-state index is -0.706. The van der Waals surface area contributed by atoms with Crippen LogP contribution in [-0.2, 0) is 9.47 Å². The molecule has 0 amide bonds. The molecule has 1 aliphatic rings. The third kappa shape index (κ3) is 3.28. The molecule has 0 aromatic heterocycles. The first-order valence-electron chi connectivity index (χ1n) is 5.24. The highest BCUT2D eigenvalue weighted by Crippen LogP contribution is 2.26. The molecule has 6 heteroatoms. The van der Waals surface area contributed by atoms with Gasteiger partial charge in [-0.05, 0) is 12.5 Å². The summed E-state index contributed by atoms with van der Waals surface area (Å²) in [6.07, 6.45) is 0.678. The van der Waals surface area contributed by atoms with Gasteiger partial charge in [0.2, 0.25) is 0 Å². The van der Waals surface area contributed by atoms with Gasteiger partial charge >= 0.3 is 0 Å². The van der Waals surface area contributed by atoms with E-state index in [4.69, 9.17) is 21.1 Å². The fraction of sp³-hybridized carbons (Fsp3) is 0.455. The lowest BCUT2D eigenvalue weighted by atomic mass is 10.2. The summed E-state index contributed by atoms with van der Waals surface area (Å²) in [5.41, 5.74) is 0.100.